The van der Waals surface area contributed by atoms with Crippen molar-refractivity contribution in [2.45, 2.75) is 32.1 Å². The highest BCUT2D eigenvalue weighted by molar-refractivity contribution is 7.92. The van der Waals surface area contributed by atoms with E-state index >= 15 is 0 Å². The van der Waals surface area contributed by atoms with Crippen molar-refractivity contribution in [3.05, 3.63) is 11.8 Å². The average molecular weight is 299 g/mol. The second-order valence-corrected chi connectivity index (χ2v) is 7.10. The van der Waals surface area contributed by atoms with Gasteiger partial charge in [0.1, 0.15) is 11.7 Å². The van der Waals surface area contributed by atoms with Gasteiger partial charge >= 0.3 is 0 Å². The summed E-state index contributed by atoms with van der Waals surface area (Å²) in [5.74, 6) is 0.396. The molecule has 0 aromatic carbocycles. The summed E-state index contributed by atoms with van der Waals surface area (Å²) in [6.45, 7) is 0. The summed E-state index contributed by atoms with van der Waals surface area (Å²) >= 11 is 0. The van der Waals surface area contributed by atoms with Gasteiger partial charge in [-0.25, -0.2) is 8.42 Å². The van der Waals surface area contributed by atoms with Crippen LogP contribution in [0.2, 0.25) is 0 Å². The van der Waals surface area contributed by atoms with Crippen LogP contribution >= 0.6 is 0 Å². The summed E-state index contributed by atoms with van der Waals surface area (Å²) in [6.07, 6.45) is 6.72. The molecule has 0 unspecified atom stereocenters. The van der Waals surface area contributed by atoms with E-state index in [1.54, 1.807) is 7.05 Å². The van der Waals surface area contributed by atoms with Gasteiger partial charge in [-0.15, -0.1) is 0 Å². The Hall–Kier alpha value is -1.57. The molecule has 0 saturated heterocycles. The number of aryl methyl sites for hydroxylation is 1. The SMILES string of the molecule is Cn1ncc(C(=N)N)c1NS(=O)(=O)CC1CCCCC1. The van der Waals surface area contributed by atoms with E-state index in [0.29, 0.717) is 5.56 Å². The molecule has 0 bridgehead atoms. The van der Waals surface area contributed by atoms with Gasteiger partial charge in [-0.2, -0.15) is 5.10 Å². The molecule has 7 nitrogen and oxygen atoms in total. The first kappa shape index (κ1) is 14.8. The van der Waals surface area contributed by atoms with E-state index in [0.717, 1.165) is 25.7 Å². The van der Waals surface area contributed by atoms with Crippen molar-refractivity contribution in [2.24, 2.45) is 18.7 Å². The molecule has 2 rings (SSSR count). The van der Waals surface area contributed by atoms with Gasteiger partial charge in [-0.05, 0) is 18.8 Å². The third-order valence-electron chi connectivity index (χ3n) is 3.66. The van der Waals surface area contributed by atoms with Crippen LogP contribution < -0.4 is 10.5 Å². The first-order valence-corrected chi connectivity index (χ1v) is 8.41. The number of aromatic nitrogens is 2. The lowest BCUT2D eigenvalue weighted by atomic mass is 9.91. The fraction of sp³-hybridized carbons (Fsp3) is 0.667. The molecule has 0 spiro atoms. The molecule has 0 amide bonds. The third-order valence-corrected chi connectivity index (χ3v) is 5.08. The summed E-state index contributed by atoms with van der Waals surface area (Å²) < 4.78 is 28.4. The fourth-order valence-electron chi connectivity index (χ4n) is 2.61. The predicted octanol–water partition coefficient (Wildman–Crippen LogP) is 1.03. The lowest BCUT2D eigenvalue weighted by Gasteiger charge is -2.21. The summed E-state index contributed by atoms with van der Waals surface area (Å²) in [6, 6.07) is 0. The number of nitrogens with two attached hydrogens (primary N) is 1. The summed E-state index contributed by atoms with van der Waals surface area (Å²) in [7, 11) is -1.83. The van der Waals surface area contributed by atoms with Crippen molar-refractivity contribution >= 4 is 21.7 Å². The molecule has 1 saturated carbocycles. The zero-order valence-electron chi connectivity index (χ0n) is 11.6. The van der Waals surface area contributed by atoms with E-state index in [2.05, 4.69) is 9.82 Å². The van der Waals surface area contributed by atoms with Crippen LogP contribution in [0.3, 0.4) is 0 Å². The molecule has 8 heteroatoms. The smallest absolute Gasteiger partial charge is 0.234 e. The number of hydrogen-bond donors (Lipinski definition) is 3. The molecule has 1 aromatic rings. The van der Waals surface area contributed by atoms with Crippen LogP contribution in [0.4, 0.5) is 5.82 Å². The topological polar surface area (TPSA) is 114 Å². The van der Waals surface area contributed by atoms with Crippen LogP contribution in [0, 0.1) is 11.3 Å². The van der Waals surface area contributed by atoms with Crippen molar-refractivity contribution in [1.82, 2.24) is 9.78 Å². The van der Waals surface area contributed by atoms with Crippen molar-refractivity contribution in [3.8, 4) is 0 Å². The Morgan fingerprint density at radius 1 is 1.50 bits per heavy atom. The van der Waals surface area contributed by atoms with Crippen molar-refractivity contribution in [3.63, 3.8) is 0 Å². The van der Waals surface area contributed by atoms with E-state index in [4.69, 9.17) is 11.1 Å². The van der Waals surface area contributed by atoms with Crippen LogP contribution in [0.25, 0.3) is 0 Å². The standard InChI is InChI=1S/C12H21N5O2S/c1-17-12(10(7-15-17)11(13)14)16-20(18,19)8-9-5-3-2-4-6-9/h7,9,16H,2-6,8H2,1H3,(H3,13,14). The highest BCUT2D eigenvalue weighted by atomic mass is 32.2. The second kappa shape index (κ2) is 5.82. The number of nitrogen functional groups attached to an aromatic ring is 1. The summed E-state index contributed by atoms with van der Waals surface area (Å²) in [4.78, 5) is 0. The highest BCUT2D eigenvalue weighted by Gasteiger charge is 2.23. The van der Waals surface area contributed by atoms with Crippen molar-refractivity contribution in [1.29, 1.82) is 5.41 Å². The minimum atomic E-state index is -3.45. The van der Waals surface area contributed by atoms with E-state index in [1.807, 2.05) is 0 Å². The largest absolute Gasteiger partial charge is 0.384 e. The number of hydrogen-bond acceptors (Lipinski definition) is 4. The molecule has 20 heavy (non-hydrogen) atoms. The van der Waals surface area contributed by atoms with Gasteiger partial charge in [0.2, 0.25) is 10.0 Å². The fourth-order valence-corrected chi connectivity index (χ4v) is 4.18. The van der Waals surface area contributed by atoms with Gasteiger partial charge in [-0.3, -0.25) is 14.8 Å². The maximum Gasteiger partial charge on any atom is 0.234 e. The maximum absolute atomic E-state index is 12.2. The second-order valence-electron chi connectivity index (χ2n) is 5.33. The molecule has 4 N–H and O–H groups in total. The van der Waals surface area contributed by atoms with Gasteiger partial charge in [0.15, 0.2) is 0 Å². The monoisotopic (exact) mass is 299 g/mol. The van der Waals surface area contributed by atoms with Gasteiger partial charge < -0.3 is 5.73 Å². The Bertz CT molecular complexity index is 587. The van der Waals surface area contributed by atoms with Gasteiger partial charge in [0.25, 0.3) is 0 Å². The first-order valence-electron chi connectivity index (χ1n) is 6.76. The summed E-state index contributed by atoms with van der Waals surface area (Å²) in [5.41, 5.74) is 5.73. The number of nitrogens with one attached hydrogen (secondary N) is 2. The Balaban J connectivity index is 2.11. The molecule has 0 atom stereocenters. The van der Waals surface area contributed by atoms with Crippen molar-refractivity contribution in [2.75, 3.05) is 10.5 Å². The average Bonchev–Trinajstić information content (AvgIpc) is 2.71. The zero-order chi connectivity index (χ0) is 14.8. The van der Waals surface area contributed by atoms with Crippen molar-refractivity contribution < 1.29 is 8.42 Å². The Kier molecular flexibility index (Phi) is 4.32. The Morgan fingerprint density at radius 2 is 2.15 bits per heavy atom. The number of nitrogens with zero attached hydrogens (tertiary/aromatic N) is 2. The Labute approximate surface area is 119 Å². The van der Waals surface area contributed by atoms with Crippen LogP contribution in [0.15, 0.2) is 6.20 Å². The molecular weight excluding hydrogens is 278 g/mol. The number of rotatable bonds is 5. The molecule has 1 aliphatic rings. The molecule has 112 valence electrons. The molecule has 0 radical (unpaired) electrons. The molecule has 1 aromatic heterocycles. The third kappa shape index (κ3) is 3.50. The van der Waals surface area contributed by atoms with E-state index in [9.17, 15) is 8.42 Å². The minimum absolute atomic E-state index is 0.121. The molecular formula is C12H21N5O2S. The zero-order valence-corrected chi connectivity index (χ0v) is 12.4. The molecule has 1 fully saturated rings. The lowest BCUT2D eigenvalue weighted by Crippen LogP contribution is -2.26. The van der Waals surface area contributed by atoms with Crippen LogP contribution in [0.1, 0.15) is 37.7 Å². The predicted molar refractivity (Wildman–Crippen MR) is 78.2 cm³/mol. The lowest BCUT2D eigenvalue weighted by molar-refractivity contribution is 0.385. The molecule has 1 aliphatic carbocycles. The maximum atomic E-state index is 12.2. The highest BCUT2D eigenvalue weighted by Crippen LogP contribution is 2.25. The number of sulfonamides is 1. The van der Waals surface area contributed by atoms with Gasteiger partial charge in [0.05, 0.1) is 17.5 Å². The molecule has 1 heterocycles. The number of amidine groups is 1. The first-order chi connectivity index (χ1) is 9.39. The Morgan fingerprint density at radius 3 is 2.75 bits per heavy atom. The van der Waals surface area contributed by atoms with Gasteiger partial charge in [-0.1, -0.05) is 19.3 Å². The quantitative estimate of drug-likeness (QED) is 0.556. The van der Waals surface area contributed by atoms with Crippen LogP contribution in [-0.4, -0.2) is 29.8 Å². The van der Waals surface area contributed by atoms with E-state index in [1.165, 1.54) is 17.3 Å². The van der Waals surface area contributed by atoms with Crippen LogP contribution in [-0.2, 0) is 17.1 Å². The minimum Gasteiger partial charge on any atom is -0.384 e. The van der Waals surface area contributed by atoms with Gasteiger partial charge in [0, 0.05) is 7.05 Å². The van der Waals surface area contributed by atoms with Crippen LogP contribution in [0.5, 0.6) is 0 Å². The normalized spacial score (nSPS) is 17.1. The summed E-state index contributed by atoms with van der Waals surface area (Å²) in [5, 5.41) is 11.4. The van der Waals surface area contributed by atoms with E-state index in [-0.39, 0.29) is 23.3 Å². The number of anilines is 1. The molecule has 0 aliphatic heterocycles. The van der Waals surface area contributed by atoms with E-state index < -0.39 is 10.0 Å².